The van der Waals surface area contributed by atoms with Gasteiger partial charge in [-0.2, -0.15) is 0 Å². The van der Waals surface area contributed by atoms with Crippen molar-refractivity contribution in [2.45, 2.75) is 0 Å². The molecule has 1 heterocycles. The summed E-state index contributed by atoms with van der Waals surface area (Å²) in [6, 6.07) is 0. The van der Waals surface area contributed by atoms with E-state index in [1.54, 1.807) is 0 Å². The van der Waals surface area contributed by atoms with E-state index in [-0.39, 0.29) is 10.9 Å². The lowest BCUT2D eigenvalue weighted by Crippen LogP contribution is -1.81. The molecule has 1 N–H and O–H groups in total. The zero-order valence-corrected chi connectivity index (χ0v) is 4.51. The van der Waals surface area contributed by atoms with Gasteiger partial charge in [-0.1, -0.05) is 11.6 Å². The first-order chi connectivity index (χ1) is 3.80. The van der Waals surface area contributed by atoms with Gasteiger partial charge in [-0.25, -0.2) is 0 Å². The number of hydrogen-bond donors (Lipinski definition) is 1. The van der Waals surface area contributed by atoms with E-state index in [1.807, 2.05) is 0 Å². The number of rotatable bonds is 1. The van der Waals surface area contributed by atoms with Gasteiger partial charge < -0.3 is 4.52 Å². The van der Waals surface area contributed by atoms with Crippen LogP contribution < -0.4 is 0 Å². The number of halogens is 1. The van der Waals surface area contributed by atoms with Gasteiger partial charge in [0.25, 0.3) is 0 Å². The first-order valence-electron chi connectivity index (χ1n) is 1.82. The largest absolute Gasteiger partial charge is 0.334 e. The lowest BCUT2D eigenvalue weighted by atomic mass is 10.6. The van der Waals surface area contributed by atoms with Crippen LogP contribution in [0.25, 0.3) is 0 Å². The third-order valence-corrected chi connectivity index (χ3v) is 0.764. The molecule has 0 radical (unpaired) electrons. The summed E-state index contributed by atoms with van der Waals surface area (Å²) < 4.78 is 4.38. The van der Waals surface area contributed by atoms with Crippen LogP contribution in [0.3, 0.4) is 0 Å². The average Bonchev–Trinajstić information content (AvgIpc) is 2.12. The molecule has 42 valence electrons. The molecule has 1 rings (SSSR count). The molecule has 0 aliphatic rings. The Hall–Kier alpha value is -0.900. The predicted octanol–water partition coefficient (Wildman–Crippen LogP) is 0.634. The highest BCUT2D eigenvalue weighted by Crippen LogP contribution is 1.97. The summed E-state index contributed by atoms with van der Waals surface area (Å²) in [5, 5.41) is 13.0. The Bertz CT molecular complexity index is 182. The maximum Gasteiger partial charge on any atom is 0.216 e. The molecule has 0 bridgehead atoms. The van der Waals surface area contributed by atoms with Crippen LogP contribution in [0.2, 0.25) is 0 Å². The molecule has 1 aromatic rings. The Morgan fingerprint density at radius 2 is 2.62 bits per heavy atom. The summed E-state index contributed by atoms with van der Waals surface area (Å²) in [5.74, 6) is 0.187. The van der Waals surface area contributed by atoms with Gasteiger partial charge in [-0.05, 0) is 0 Å². The van der Waals surface area contributed by atoms with E-state index in [2.05, 4.69) is 14.9 Å². The van der Waals surface area contributed by atoms with Crippen molar-refractivity contribution >= 4 is 16.8 Å². The smallest absolute Gasteiger partial charge is 0.216 e. The molecule has 8 heavy (non-hydrogen) atoms. The number of hydrogen-bond acceptors (Lipinski definition) is 4. The van der Waals surface area contributed by atoms with Crippen molar-refractivity contribution in [2.24, 2.45) is 0 Å². The highest BCUT2D eigenvalue weighted by atomic mass is 35.5. The second-order valence-corrected chi connectivity index (χ2v) is 1.47. The van der Waals surface area contributed by atoms with Crippen LogP contribution in [-0.4, -0.2) is 15.5 Å². The van der Waals surface area contributed by atoms with E-state index in [9.17, 15) is 0 Å². The van der Waals surface area contributed by atoms with E-state index < -0.39 is 0 Å². The van der Waals surface area contributed by atoms with E-state index in [0.29, 0.717) is 0 Å². The summed E-state index contributed by atoms with van der Waals surface area (Å²) >= 11 is 5.15. The Balaban J connectivity index is 2.93. The molecule has 0 aliphatic carbocycles. The zero-order chi connectivity index (χ0) is 5.98. The van der Waals surface area contributed by atoms with Gasteiger partial charge in [-0.15, -0.1) is 5.10 Å². The molecule has 4 nitrogen and oxygen atoms in total. The number of aromatic nitrogens is 2. The first kappa shape index (κ1) is 5.24. The molecule has 1 aromatic heterocycles. The van der Waals surface area contributed by atoms with E-state index in [1.165, 1.54) is 6.20 Å². The lowest BCUT2D eigenvalue weighted by molar-refractivity contribution is 0.388. The highest BCUT2D eigenvalue weighted by Gasteiger charge is 1.99. The molecule has 0 atom stereocenters. The summed E-state index contributed by atoms with van der Waals surface area (Å²) in [7, 11) is 0. The molecular formula is C3H2ClN3O. The molecule has 0 saturated carbocycles. The van der Waals surface area contributed by atoms with Crippen molar-refractivity contribution in [3.05, 3.63) is 12.0 Å². The lowest BCUT2D eigenvalue weighted by Gasteiger charge is -1.76. The van der Waals surface area contributed by atoms with Gasteiger partial charge in [-0.3, -0.25) is 5.41 Å². The third-order valence-electron chi connectivity index (χ3n) is 0.578. The predicted molar refractivity (Wildman–Crippen MR) is 27.0 cm³/mol. The Morgan fingerprint density at radius 3 is 2.88 bits per heavy atom. The minimum Gasteiger partial charge on any atom is -0.334 e. The summed E-state index contributed by atoms with van der Waals surface area (Å²) in [4.78, 5) is 0. The number of nitrogens with zero attached hydrogens (tertiary/aromatic N) is 2. The van der Waals surface area contributed by atoms with Crippen LogP contribution >= 0.6 is 11.6 Å². The fourth-order valence-corrected chi connectivity index (χ4v) is 0.347. The fourth-order valence-electron chi connectivity index (χ4n) is 0.264. The summed E-state index contributed by atoms with van der Waals surface area (Å²) in [5.41, 5.74) is 0. The van der Waals surface area contributed by atoms with Crippen molar-refractivity contribution in [3.8, 4) is 0 Å². The molecule has 0 fully saturated rings. The Labute approximate surface area is 49.9 Å². The van der Waals surface area contributed by atoms with Crippen LogP contribution in [0.4, 0.5) is 0 Å². The van der Waals surface area contributed by atoms with Gasteiger partial charge >= 0.3 is 0 Å². The summed E-state index contributed by atoms with van der Waals surface area (Å²) in [6.07, 6.45) is 1.27. The average molecular weight is 132 g/mol. The molecular weight excluding hydrogens is 130 g/mol. The molecule has 5 heteroatoms. The molecule has 0 aliphatic heterocycles. The molecule has 0 aromatic carbocycles. The van der Waals surface area contributed by atoms with Crippen LogP contribution in [0.1, 0.15) is 5.76 Å². The van der Waals surface area contributed by atoms with Gasteiger partial charge in [0.15, 0.2) is 5.17 Å². The van der Waals surface area contributed by atoms with Crippen molar-refractivity contribution in [2.75, 3.05) is 0 Å². The minimum atomic E-state index is -0.185. The fraction of sp³-hybridized carbons (Fsp3) is 0. The van der Waals surface area contributed by atoms with Gasteiger partial charge in [0, 0.05) is 5.27 Å². The van der Waals surface area contributed by atoms with Crippen molar-refractivity contribution in [1.29, 1.82) is 5.41 Å². The van der Waals surface area contributed by atoms with E-state index in [4.69, 9.17) is 17.0 Å². The van der Waals surface area contributed by atoms with Gasteiger partial charge in [0.05, 0.1) is 0 Å². The Kier molecular flexibility index (Phi) is 1.26. The minimum absolute atomic E-state index is 0.185. The maximum atomic E-state index is 6.74. The molecule has 0 saturated heterocycles. The second-order valence-electron chi connectivity index (χ2n) is 1.10. The van der Waals surface area contributed by atoms with Crippen molar-refractivity contribution < 1.29 is 4.52 Å². The molecule has 0 amide bonds. The normalized spacial score (nSPS) is 9.12. The maximum absolute atomic E-state index is 6.74. The second kappa shape index (κ2) is 1.92. The van der Waals surface area contributed by atoms with Crippen LogP contribution in [0.15, 0.2) is 10.7 Å². The van der Waals surface area contributed by atoms with Crippen molar-refractivity contribution in [3.63, 3.8) is 0 Å². The van der Waals surface area contributed by atoms with Gasteiger partial charge in [0.1, 0.15) is 6.20 Å². The van der Waals surface area contributed by atoms with E-state index >= 15 is 0 Å². The monoisotopic (exact) mass is 131 g/mol. The van der Waals surface area contributed by atoms with E-state index in [0.717, 1.165) is 0 Å². The van der Waals surface area contributed by atoms with Crippen LogP contribution in [0, 0.1) is 5.41 Å². The topological polar surface area (TPSA) is 62.8 Å². The Morgan fingerprint density at radius 1 is 1.88 bits per heavy atom. The first-order valence-corrected chi connectivity index (χ1v) is 2.20. The van der Waals surface area contributed by atoms with Crippen molar-refractivity contribution in [1.82, 2.24) is 10.4 Å². The molecule has 0 unspecified atom stereocenters. The zero-order valence-electron chi connectivity index (χ0n) is 3.76. The third kappa shape index (κ3) is 0.840. The summed E-state index contributed by atoms with van der Waals surface area (Å²) in [6.45, 7) is 0. The van der Waals surface area contributed by atoms with Gasteiger partial charge in [0.2, 0.25) is 5.76 Å². The van der Waals surface area contributed by atoms with Crippen LogP contribution in [-0.2, 0) is 0 Å². The highest BCUT2D eigenvalue weighted by molar-refractivity contribution is 6.68. The molecule has 0 spiro atoms. The quantitative estimate of drug-likeness (QED) is 0.569. The standard InChI is InChI=1S/C3H2ClN3O/c4-3(5)2-1-6-7-8-2/h1,5H. The number of nitrogens with one attached hydrogen (secondary N) is 1. The van der Waals surface area contributed by atoms with Crippen LogP contribution in [0.5, 0.6) is 0 Å². The SMILES string of the molecule is N=C(Cl)c1cnno1.